The molecule has 12 rings (SSSR count). The summed E-state index contributed by atoms with van der Waals surface area (Å²) in [6.45, 7) is 22.3. The molecule has 0 aliphatic carbocycles. The Balaban J connectivity index is 0.000000186. The number of amides is 2. The molecular formula is C65H80BBrCl7N15O6. The molecular weight excluding hydrogens is 1430 g/mol. The van der Waals surface area contributed by atoms with Gasteiger partial charge in [-0.1, -0.05) is 113 Å². The topological polar surface area (TPSA) is 243 Å². The van der Waals surface area contributed by atoms with E-state index in [9.17, 15) is 9.59 Å². The molecule has 0 atom stereocenters. The van der Waals surface area contributed by atoms with Gasteiger partial charge < -0.3 is 50.6 Å². The number of rotatable bonds is 8. The van der Waals surface area contributed by atoms with Crippen LogP contribution in [0.25, 0.3) is 39.2 Å². The third kappa shape index (κ3) is 19.0. The molecule has 0 radical (unpaired) electrons. The lowest BCUT2D eigenvalue weighted by molar-refractivity contribution is 0.0435. The van der Waals surface area contributed by atoms with E-state index in [2.05, 4.69) is 82.0 Å². The lowest BCUT2D eigenvalue weighted by atomic mass is 9.80. The molecule has 9 heterocycles. The van der Waals surface area contributed by atoms with E-state index in [0.29, 0.717) is 25.1 Å². The second-order valence-electron chi connectivity index (χ2n) is 25.9. The third-order valence-electron chi connectivity index (χ3n) is 16.0. The van der Waals surface area contributed by atoms with E-state index in [-0.39, 0.29) is 59.1 Å². The highest BCUT2D eigenvalue weighted by molar-refractivity contribution is 9.10. The summed E-state index contributed by atoms with van der Waals surface area (Å²) in [7, 11) is -1.57. The molecule has 30 heteroatoms. The maximum atomic E-state index is 12.3. The molecule has 9 aromatic rings. The monoisotopic (exact) mass is 1500 g/mol. The number of ether oxygens (including phenoxy) is 2. The van der Waals surface area contributed by atoms with Crippen molar-refractivity contribution in [2.24, 2.45) is 5.73 Å². The van der Waals surface area contributed by atoms with Crippen molar-refractivity contribution in [3.8, 4) is 22.3 Å². The van der Waals surface area contributed by atoms with Crippen LogP contribution in [0.4, 0.5) is 27.4 Å². The Labute approximate surface area is 599 Å². The summed E-state index contributed by atoms with van der Waals surface area (Å²) in [5, 5.41) is 26.1. The summed E-state index contributed by atoms with van der Waals surface area (Å²) in [5.41, 5.74) is 10.5. The number of nitrogens with two attached hydrogens (primary N) is 1. The molecule has 3 aliphatic rings. The van der Waals surface area contributed by atoms with Gasteiger partial charge in [0, 0.05) is 139 Å². The molecule has 0 unspecified atom stereocenters. The number of alkyl carbamates (subject to hydrolysis) is 2. The molecule has 2 amide bonds. The van der Waals surface area contributed by atoms with E-state index in [0.717, 1.165) is 139 Å². The Morgan fingerprint density at radius 1 is 0.526 bits per heavy atom. The first-order chi connectivity index (χ1) is 43.8. The zero-order chi connectivity index (χ0) is 67.4. The number of nitrogens with zero attached hydrogens (tertiary/aromatic N) is 12. The molecule has 3 fully saturated rings. The minimum atomic E-state index is -1.57. The lowest BCUT2D eigenvalue weighted by Crippen LogP contribution is -2.54. The number of hydrogen-bond acceptors (Lipinski definition) is 16. The molecule has 95 heavy (non-hydrogen) atoms. The van der Waals surface area contributed by atoms with Crippen molar-refractivity contribution in [3.63, 3.8) is 0 Å². The summed E-state index contributed by atoms with van der Waals surface area (Å²) in [5.74, 6) is 2.55. The molecule has 3 saturated heterocycles. The number of carbonyl (C=O) groups excluding carboxylic acids is 2. The normalized spacial score (nSPS) is 15.8. The Morgan fingerprint density at radius 2 is 0.863 bits per heavy atom. The fourth-order valence-corrected chi connectivity index (χ4v) is 12.5. The van der Waals surface area contributed by atoms with Gasteiger partial charge in [-0.15, -0.1) is 12.4 Å². The maximum absolute atomic E-state index is 12.3. The van der Waals surface area contributed by atoms with Crippen molar-refractivity contribution >= 4 is 157 Å². The number of piperidine rings is 3. The van der Waals surface area contributed by atoms with Crippen LogP contribution >= 0.6 is 97.9 Å². The van der Waals surface area contributed by atoms with Gasteiger partial charge in [0.15, 0.2) is 5.65 Å². The van der Waals surface area contributed by atoms with E-state index in [4.69, 9.17) is 105 Å². The fraction of sp³-hybridized carbons (Fsp3) is 0.415. The first-order valence-corrected chi connectivity index (χ1v) is 33.2. The molecule has 510 valence electrons. The second kappa shape index (κ2) is 31.6. The molecule has 3 aromatic carbocycles. The van der Waals surface area contributed by atoms with E-state index < -0.39 is 18.3 Å². The van der Waals surface area contributed by atoms with Gasteiger partial charge in [0.2, 0.25) is 17.8 Å². The number of anilines is 3. The van der Waals surface area contributed by atoms with E-state index in [1.165, 1.54) is 6.07 Å². The van der Waals surface area contributed by atoms with Crippen molar-refractivity contribution in [3.05, 3.63) is 145 Å². The van der Waals surface area contributed by atoms with Gasteiger partial charge in [-0.3, -0.25) is 13.2 Å². The smallest absolute Gasteiger partial charge is 0.444 e. The highest BCUT2D eigenvalue weighted by Crippen LogP contribution is 2.39. The average Bonchev–Trinajstić information content (AvgIpc) is 1.75. The lowest BCUT2D eigenvalue weighted by Gasteiger charge is -2.40. The summed E-state index contributed by atoms with van der Waals surface area (Å²) in [4.78, 5) is 58.4. The van der Waals surface area contributed by atoms with E-state index >= 15 is 0 Å². The SMILES string of the molecule is C.CC1(N)CCN(c2ncc(-c3cccc(Cl)c3Cl)c3nccn23)CC1.CC1(NC(=O)OC(C)(C)C)CCN(c2ncc(-c3cccc(Cl)c3Cl)c3nccn23)CC1.CC1(NC(=O)OC(C)(C)C)CCN(c2ncc(Br)c3nccn23)CC1.Cl.OB(O)c1cccc(Cl)c1Cl. The van der Waals surface area contributed by atoms with Gasteiger partial charge in [0.1, 0.15) is 22.5 Å². The predicted octanol–water partition coefficient (Wildman–Crippen LogP) is 14.7. The summed E-state index contributed by atoms with van der Waals surface area (Å²) >= 11 is 39.9. The first kappa shape index (κ1) is 76.3. The van der Waals surface area contributed by atoms with Crippen molar-refractivity contribution in [1.29, 1.82) is 0 Å². The van der Waals surface area contributed by atoms with Gasteiger partial charge >= 0.3 is 19.3 Å². The minimum Gasteiger partial charge on any atom is -0.444 e. The highest BCUT2D eigenvalue weighted by Gasteiger charge is 2.36. The van der Waals surface area contributed by atoms with Crippen LogP contribution in [-0.4, -0.2) is 140 Å². The van der Waals surface area contributed by atoms with Crippen LogP contribution in [-0.2, 0) is 9.47 Å². The molecule has 0 saturated carbocycles. The Kier molecular flexibility index (Phi) is 25.4. The number of halogens is 8. The molecule has 3 aliphatic heterocycles. The number of nitrogens with one attached hydrogen (secondary N) is 2. The van der Waals surface area contributed by atoms with Gasteiger partial charge in [-0.25, -0.2) is 39.5 Å². The quantitative estimate of drug-likeness (QED) is 0.0888. The molecule has 0 bridgehead atoms. The standard InChI is InChI=1S/C23H27Cl2N5O2.C18H19Cl2N5.C17H24BrN5O2.C6H5BCl2O2.CH4.ClH/c1-22(2,3)32-21(31)28-23(4)8-11-29(12-9-23)20-27-14-16(19-26-10-13-30(19)20)15-6-5-7-17(24)18(15)25;1-18(21)5-8-24(9-6-18)17-23-11-13(16-22-7-10-25(16)17)12-3-2-4-14(19)15(12)20;1-16(2,3)25-15(24)21-17(4)5-8-22(9-6-17)14-20-11-12(18)13-19-7-10-23(13)14;8-5-3-1-2-4(6(5)9)7(10)11;;/h5-7,10,13-14H,8-9,11-12H2,1-4H3,(H,28,31);2-4,7,10-11H,5-6,8-9,21H2,1H3;7,10-11H,5-6,8-9H2,1-4H3,(H,21,24);1-3,10-11H;1H4;1H. The van der Waals surface area contributed by atoms with Crippen LogP contribution in [0.5, 0.6) is 0 Å². The first-order valence-electron chi connectivity index (χ1n) is 30.2. The van der Waals surface area contributed by atoms with E-state index in [1.54, 1.807) is 55.2 Å². The molecule has 0 spiro atoms. The van der Waals surface area contributed by atoms with Gasteiger partial charge in [0.25, 0.3) is 0 Å². The molecule has 6 N–H and O–H groups in total. The number of imidazole rings is 3. The summed E-state index contributed by atoms with van der Waals surface area (Å²) in [6, 6.07) is 15.8. The predicted molar refractivity (Wildman–Crippen MR) is 390 cm³/mol. The third-order valence-corrected chi connectivity index (χ3v) is 19.0. The van der Waals surface area contributed by atoms with Crippen LogP contribution < -0.4 is 36.5 Å². The van der Waals surface area contributed by atoms with Crippen LogP contribution in [0.2, 0.25) is 30.1 Å². The number of hydrogen-bond donors (Lipinski definition) is 5. The summed E-state index contributed by atoms with van der Waals surface area (Å²) in [6.07, 6.45) is 20.7. The Morgan fingerprint density at radius 3 is 1.23 bits per heavy atom. The van der Waals surface area contributed by atoms with Crippen LogP contribution in [0.15, 0.2) is 115 Å². The fourth-order valence-electron chi connectivity index (χ4n) is 10.9. The van der Waals surface area contributed by atoms with Crippen molar-refractivity contribution in [2.45, 2.75) is 136 Å². The number of fused-ring (bicyclic) bond motifs is 3. The average molecular weight is 1510 g/mol. The maximum Gasteiger partial charge on any atom is 0.490 e. The van der Waals surface area contributed by atoms with Crippen LogP contribution in [0.1, 0.15) is 108 Å². The largest absolute Gasteiger partial charge is 0.490 e. The van der Waals surface area contributed by atoms with Gasteiger partial charge in [-0.05, 0) is 135 Å². The second-order valence-corrected chi connectivity index (χ2v) is 29.1. The van der Waals surface area contributed by atoms with Crippen LogP contribution in [0, 0.1) is 0 Å². The number of aromatic nitrogens is 9. The number of carbonyl (C=O) groups is 2. The van der Waals surface area contributed by atoms with E-state index in [1.807, 2.05) is 104 Å². The Bertz CT molecular complexity index is 4120. The van der Waals surface area contributed by atoms with Gasteiger partial charge in [-0.2, -0.15) is 0 Å². The van der Waals surface area contributed by atoms with Crippen LogP contribution in [0.3, 0.4) is 0 Å². The number of benzene rings is 3. The molecule has 6 aromatic heterocycles. The van der Waals surface area contributed by atoms with Crippen molar-refractivity contribution < 1.29 is 29.1 Å². The van der Waals surface area contributed by atoms with Crippen molar-refractivity contribution in [1.82, 2.24) is 53.7 Å². The van der Waals surface area contributed by atoms with Gasteiger partial charge in [0.05, 0.1) is 34.6 Å². The Hall–Kier alpha value is -6.09. The zero-order valence-electron chi connectivity index (χ0n) is 53.5. The highest BCUT2D eigenvalue weighted by atomic mass is 79.9. The van der Waals surface area contributed by atoms with Crippen molar-refractivity contribution in [2.75, 3.05) is 54.0 Å². The molecule has 21 nitrogen and oxygen atoms in total. The zero-order valence-corrected chi connectivity index (χ0v) is 60.4. The minimum absolute atomic E-state index is 0. The summed E-state index contributed by atoms with van der Waals surface area (Å²) < 4.78 is 17.6.